The number of methoxy groups -OCH3 is 1. The quantitative estimate of drug-likeness (QED) is 0.715. The molecule has 1 aliphatic rings. The Hall–Kier alpha value is -1.30. The number of nitrogens with zero attached hydrogens (tertiary/aromatic N) is 1. The molecule has 6 nitrogen and oxygen atoms in total. The zero-order chi connectivity index (χ0) is 14.5. The van der Waals surface area contributed by atoms with Crippen molar-refractivity contribution in [3.8, 4) is 0 Å². The van der Waals surface area contributed by atoms with E-state index >= 15 is 0 Å². The smallest absolute Gasteiger partial charge is 0.410 e. The molecule has 1 aliphatic heterocycles. The Labute approximate surface area is 114 Å². The Bertz CT molecular complexity index is 323. The largest absolute Gasteiger partial charge is 0.469 e. The fourth-order valence-electron chi connectivity index (χ4n) is 1.78. The van der Waals surface area contributed by atoms with Gasteiger partial charge in [0.05, 0.1) is 26.2 Å². The molecule has 110 valence electrons. The van der Waals surface area contributed by atoms with Crippen molar-refractivity contribution in [1.29, 1.82) is 0 Å². The standard InChI is InChI=1S/C13H23NO5/c1-13(2,3)19-12(16)14-6-5-7-18-10(9-14)8-11(15)17-4/h10H,5-9H2,1-4H3/t10-/m1/s1. The lowest BCUT2D eigenvalue weighted by Crippen LogP contribution is -2.41. The first-order valence-electron chi connectivity index (χ1n) is 6.48. The highest BCUT2D eigenvalue weighted by Crippen LogP contribution is 2.14. The molecule has 0 N–H and O–H groups in total. The van der Waals surface area contributed by atoms with Crippen LogP contribution < -0.4 is 0 Å². The van der Waals surface area contributed by atoms with Crippen molar-refractivity contribution in [2.75, 3.05) is 26.8 Å². The summed E-state index contributed by atoms with van der Waals surface area (Å²) in [6, 6.07) is 0. The molecular weight excluding hydrogens is 250 g/mol. The summed E-state index contributed by atoms with van der Waals surface area (Å²) >= 11 is 0. The Kier molecular flexibility index (Phi) is 5.60. The predicted octanol–water partition coefficient (Wildman–Crippen LogP) is 1.58. The van der Waals surface area contributed by atoms with Crippen LogP contribution in [0.25, 0.3) is 0 Å². The van der Waals surface area contributed by atoms with Gasteiger partial charge in [-0.05, 0) is 27.2 Å². The monoisotopic (exact) mass is 273 g/mol. The molecule has 6 heteroatoms. The normalized spacial score (nSPS) is 20.6. The number of amides is 1. The van der Waals surface area contributed by atoms with Crippen LogP contribution in [0.2, 0.25) is 0 Å². The Morgan fingerprint density at radius 1 is 1.37 bits per heavy atom. The molecule has 0 unspecified atom stereocenters. The molecule has 19 heavy (non-hydrogen) atoms. The van der Waals surface area contributed by atoms with Gasteiger partial charge in [-0.15, -0.1) is 0 Å². The molecule has 0 saturated carbocycles. The van der Waals surface area contributed by atoms with E-state index in [9.17, 15) is 9.59 Å². The van der Waals surface area contributed by atoms with E-state index in [0.29, 0.717) is 19.7 Å². The van der Waals surface area contributed by atoms with Gasteiger partial charge >= 0.3 is 12.1 Å². The van der Waals surface area contributed by atoms with Gasteiger partial charge in [0.25, 0.3) is 0 Å². The summed E-state index contributed by atoms with van der Waals surface area (Å²) in [6.45, 7) is 6.93. The topological polar surface area (TPSA) is 65.1 Å². The van der Waals surface area contributed by atoms with Gasteiger partial charge in [0, 0.05) is 13.2 Å². The second-order valence-electron chi connectivity index (χ2n) is 5.55. The third-order valence-electron chi connectivity index (χ3n) is 2.62. The van der Waals surface area contributed by atoms with E-state index in [2.05, 4.69) is 4.74 Å². The molecule has 0 bridgehead atoms. The fraction of sp³-hybridized carbons (Fsp3) is 0.846. The van der Waals surface area contributed by atoms with Crippen LogP contribution in [-0.4, -0.2) is 55.5 Å². The van der Waals surface area contributed by atoms with Crippen molar-refractivity contribution < 1.29 is 23.8 Å². The van der Waals surface area contributed by atoms with Gasteiger partial charge in [-0.2, -0.15) is 0 Å². The van der Waals surface area contributed by atoms with E-state index in [1.54, 1.807) is 4.90 Å². The summed E-state index contributed by atoms with van der Waals surface area (Å²) in [7, 11) is 1.34. The van der Waals surface area contributed by atoms with E-state index in [-0.39, 0.29) is 24.6 Å². The van der Waals surface area contributed by atoms with E-state index < -0.39 is 5.60 Å². The Morgan fingerprint density at radius 3 is 2.63 bits per heavy atom. The van der Waals surface area contributed by atoms with Crippen molar-refractivity contribution in [3.05, 3.63) is 0 Å². The summed E-state index contributed by atoms with van der Waals surface area (Å²) in [5.74, 6) is -0.337. The molecule has 1 rings (SSSR count). The lowest BCUT2D eigenvalue weighted by atomic mass is 10.2. The highest BCUT2D eigenvalue weighted by Gasteiger charge is 2.28. The van der Waals surface area contributed by atoms with E-state index in [0.717, 1.165) is 6.42 Å². The molecule has 1 amide bonds. The first-order valence-corrected chi connectivity index (χ1v) is 6.48. The van der Waals surface area contributed by atoms with Crippen molar-refractivity contribution in [1.82, 2.24) is 4.90 Å². The van der Waals surface area contributed by atoms with Crippen LogP contribution in [0.3, 0.4) is 0 Å². The lowest BCUT2D eigenvalue weighted by Gasteiger charge is -2.27. The number of esters is 1. The second-order valence-corrected chi connectivity index (χ2v) is 5.55. The van der Waals surface area contributed by atoms with Gasteiger partial charge < -0.3 is 19.1 Å². The average Bonchev–Trinajstić information content (AvgIpc) is 2.52. The van der Waals surface area contributed by atoms with Crippen LogP contribution in [0.1, 0.15) is 33.6 Å². The third-order valence-corrected chi connectivity index (χ3v) is 2.62. The first kappa shape index (κ1) is 15.8. The molecule has 0 spiro atoms. The highest BCUT2D eigenvalue weighted by molar-refractivity contribution is 5.70. The number of hydrogen-bond donors (Lipinski definition) is 0. The summed E-state index contributed by atoms with van der Waals surface area (Å²) in [5, 5.41) is 0. The van der Waals surface area contributed by atoms with Crippen LogP contribution in [0.5, 0.6) is 0 Å². The van der Waals surface area contributed by atoms with Crippen molar-refractivity contribution in [2.24, 2.45) is 0 Å². The van der Waals surface area contributed by atoms with Gasteiger partial charge in [0.2, 0.25) is 0 Å². The van der Waals surface area contributed by atoms with Crippen LogP contribution >= 0.6 is 0 Å². The maximum Gasteiger partial charge on any atom is 0.410 e. The average molecular weight is 273 g/mol. The van der Waals surface area contributed by atoms with Gasteiger partial charge in [0.1, 0.15) is 5.60 Å². The number of rotatable bonds is 2. The molecule has 1 fully saturated rings. The molecule has 0 aromatic heterocycles. The summed E-state index contributed by atoms with van der Waals surface area (Å²) in [6.07, 6.45) is 0.183. The van der Waals surface area contributed by atoms with Gasteiger partial charge in [-0.25, -0.2) is 4.79 Å². The summed E-state index contributed by atoms with van der Waals surface area (Å²) in [4.78, 5) is 24.8. The van der Waals surface area contributed by atoms with Gasteiger partial charge in [0.15, 0.2) is 0 Å². The number of carbonyl (C=O) groups is 2. The Balaban J connectivity index is 2.57. The maximum absolute atomic E-state index is 12.0. The maximum atomic E-state index is 12.0. The SMILES string of the molecule is COC(=O)C[C@@H]1CN(C(=O)OC(C)(C)C)CCCO1. The van der Waals surface area contributed by atoms with E-state index in [4.69, 9.17) is 9.47 Å². The molecule has 1 atom stereocenters. The zero-order valence-electron chi connectivity index (χ0n) is 12.1. The second kappa shape index (κ2) is 6.75. The van der Waals surface area contributed by atoms with Crippen LogP contribution in [0, 0.1) is 0 Å². The van der Waals surface area contributed by atoms with Crippen LogP contribution in [0.15, 0.2) is 0 Å². The first-order chi connectivity index (χ1) is 8.81. The van der Waals surface area contributed by atoms with Crippen molar-refractivity contribution >= 4 is 12.1 Å². The molecule has 0 aromatic rings. The minimum atomic E-state index is -0.526. The van der Waals surface area contributed by atoms with Crippen LogP contribution in [0.4, 0.5) is 4.79 Å². The molecule has 0 radical (unpaired) electrons. The number of carbonyl (C=O) groups excluding carboxylic acids is 2. The molecule has 0 aromatic carbocycles. The van der Waals surface area contributed by atoms with Crippen molar-refractivity contribution in [2.45, 2.75) is 45.3 Å². The number of ether oxygens (including phenoxy) is 3. The zero-order valence-corrected chi connectivity index (χ0v) is 12.1. The van der Waals surface area contributed by atoms with Gasteiger partial charge in [-0.1, -0.05) is 0 Å². The van der Waals surface area contributed by atoms with Crippen molar-refractivity contribution in [3.63, 3.8) is 0 Å². The molecule has 1 saturated heterocycles. The number of hydrogen-bond acceptors (Lipinski definition) is 5. The molecular formula is C13H23NO5. The van der Waals surface area contributed by atoms with E-state index in [1.165, 1.54) is 7.11 Å². The predicted molar refractivity (Wildman–Crippen MR) is 68.8 cm³/mol. The summed E-state index contributed by atoms with van der Waals surface area (Å²) < 4.78 is 15.5. The van der Waals surface area contributed by atoms with Gasteiger partial charge in [-0.3, -0.25) is 4.79 Å². The highest BCUT2D eigenvalue weighted by atomic mass is 16.6. The minimum Gasteiger partial charge on any atom is -0.469 e. The minimum absolute atomic E-state index is 0.149. The van der Waals surface area contributed by atoms with E-state index in [1.807, 2.05) is 20.8 Å². The lowest BCUT2D eigenvalue weighted by molar-refractivity contribution is -0.143. The molecule has 1 heterocycles. The fourth-order valence-corrected chi connectivity index (χ4v) is 1.78. The van der Waals surface area contributed by atoms with Crippen LogP contribution in [-0.2, 0) is 19.0 Å². The molecule has 0 aliphatic carbocycles. The summed E-state index contributed by atoms with van der Waals surface area (Å²) in [5.41, 5.74) is -0.526. The Morgan fingerprint density at radius 2 is 2.05 bits per heavy atom. The third kappa shape index (κ3) is 5.92.